The monoisotopic (exact) mass is 579 g/mol. The van der Waals surface area contributed by atoms with Gasteiger partial charge in [0.15, 0.2) is 0 Å². The lowest BCUT2D eigenvalue weighted by atomic mass is 10.1. The predicted molar refractivity (Wildman–Crippen MR) is 147 cm³/mol. The molecule has 11 heteroatoms. The Balaban J connectivity index is 2.08. The van der Waals surface area contributed by atoms with Crippen molar-refractivity contribution in [3.63, 3.8) is 0 Å². The third-order valence-electron chi connectivity index (χ3n) is 5.71. The minimum absolute atomic E-state index is 0.0125. The second-order valence-electron chi connectivity index (χ2n) is 8.85. The quantitative estimate of drug-likeness (QED) is 0.354. The molecule has 202 valence electrons. The van der Waals surface area contributed by atoms with Crippen molar-refractivity contribution < 1.29 is 22.4 Å². The second-order valence-corrected chi connectivity index (χ2v) is 11.5. The Hall–Kier alpha value is -3.14. The van der Waals surface area contributed by atoms with Gasteiger partial charge >= 0.3 is 0 Å². The normalized spacial score (nSPS) is 12.2. The first kappa shape index (κ1) is 29.4. The van der Waals surface area contributed by atoms with Crippen molar-refractivity contribution in [3.8, 4) is 0 Å². The van der Waals surface area contributed by atoms with Crippen molar-refractivity contribution in [2.75, 3.05) is 10.8 Å². The van der Waals surface area contributed by atoms with Gasteiger partial charge in [-0.25, -0.2) is 12.8 Å². The maximum atomic E-state index is 14.5. The Labute approximate surface area is 232 Å². The van der Waals surface area contributed by atoms with E-state index in [-0.39, 0.29) is 38.8 Å². The highest BCUT2D eigenvalue weighted by Gasteiger charge is 2.34. The number of amides is 2. The Morgan fingerprint density at radius 1 is 0.921 bits per heavy atom. The van der Waals surface area contributed by atoms with Crippen molar-refractivity contribution in [2.24, 2.45) is 0 Å². The van der Waals surface area contributed by atoms with E-state index in [0.29, 0.717) is 0 Å². The van der Waals surface area contributed by atoms with E-state index in [2.05, 4.69) is 5.32 Å². The molecule has 1 N–H and O–H groups in total. The fourth-order valence-corrected chi connectivity index (χ4v) is 5.61. The molecule has 0 bridgehead atoms. The maximum Gasteiger partial charge on any atom is 0.264 e. The Morgan fingerprint density at radius 2 is 1.55 bits per heavy atom. The van der Waals surface area contributed by atoms with Gasteiger partial charge in [-0.3, -0.25) is 13.9 Å². The summed E-state index contributed by atoms with van der Waals surface area (Å²) in [5.41, 5.74) is 0.157. The Morgan fingerprint density at radius 3 is 2.18 bits per heavy atom. The van der Waals surface area contributed by atoms with Gasteiger partial charge in [0.1, 0.15) is 18.4 Å². The van der Waals surface area contributed by atoms with E-state index in [0.717, 1.165) is 9.21 Å². The molecule has 0 aromatic heterocycles. The zero-order chi connectivity index (χ0) is 28.0. The van der Waals surface area contributed by atoms with Crippen LogP contribution >= 0.6 is 23.2 Å². The lowest BCUT2D eigenvalue weighted by molar-refractivity contribution is -0.139. The Bertz CT molecular complexity index is 1400. The van der Waals surface area contributed by atoms with Crippen LogP contribution in [0.2, 0.25) is 10.0 Å². The average molecular weight is 581 g/mol. The standard InChI is InChI=1S/C27H28Cl2FN3O4S/c1-18(2)31-27(35)19(3)32(16-20-10-7-8-14-23(20)30)25(34)17-33(24-15-9-13-22(28)26(24)29)38(36,37)21-11-5-4-6-12-21/h4-15,18-19H,16-17H2,1-3H3,(H,31,35). The van der Waals surface area contributed by atoms with Gasteiger partial charge in [-0.2, -0.15) is 0 Å². The maximum absolute atomic E-state index is 14.5. The number of hydrogen-bond donors (Lipinski definition) is 1. The van der Waals surface area contributed by atoms with Crippen molar-refractivity contribution in [3.05, 3.63) is 94.2 Å². The third kappa shape index (κ3) is 6.83. The average Bonchev–Trinajstić information content (AvgIpc) is 2.88. The lowest BCUT2D eigenvalue weighted by Gasteiger charge is -2.32. The van der Waals surface area contributed by atoms with Gasteiger partial charge in [0.05, 0.1) is 20.6 Å². The van der Waals surface area contributed by atoms with Crippen LogP contribution < -0.4 is 9.62 Å². The van der Waals surface area contributed by atoms with E-state index in [4.69, 9.17) is 23.2 Å². The predicted octanol–water partition coefficient (Wildman–Crippen LogP) is 5.27. The highest BCUT2D eigenvalue weighted by atomic mass is 35.5. The second kappa shape index (κ2) is 12.6. The first-order valence-corrected chi connectivity index (χ1v) is 14.0. The molecule has 3 aromatic rings. The summed E-state index contributed by atoms with van der Waals surface area (Å²) < 4.78 is 42.9. The van der Waals surface area contributed by atoms with Crippen LogP contribution in [-0.2, 0) is 26.2 Å². The topological polar surface area (TPSA) is 86.8 Å². The minimum atomic E-state index is -4.30. The minimum Gasteiger partial charge on any atom is -0.352 e. The van der Waals surface area contributed by atoms with Gasteiger partial charge in [0.25, 0.3) is 10.0 Å². The molecule has 2 amide bonds. The van der Waals surface area contributed by atoms with E-state index >= 15 is 0 Å². The number of carbonyl (C=O) groups excluding carboxylic acids is 2. The highest BCUT2D eigenvalue weighted by Crippen LogP contribution is 2.35. The summed E-state index contributed by atoms with van der Waals surface area (Å²) in [6, 6.07) is 16.6. The van der Waals surface area contributed by atoms with Crippen LogP contribution in [0, 0.1) is 5.82 Å². The summed E-state index contributed by atoms with van der Waals surface area (Å²) in [4.78, 5) is 27.7. The molecule has 0 aliphatic carbocycles. The van der Waals surface area contributed by atoms with Crippen LogP contribution in [0.4, 0.5) is 10.1 Å². The zero-order valence-corrected chi connectivity index (χ0v) is 23.4. The van der Waals surface area contributed by atoms with Crippen molar-refractivity contribution in [1.29, 1.82) is 0 Å². The molecule has 3 rings (SSSR count). The fourth-order valence-electron chi connectivity index (χ4n) is 3.72. The third-order valence-corrected chi connectivity index (χ3v) is 8.29. The number of carbonyl (C=O) groups is 2. The molecule has 0 fully saturated rings. The molecule has 0 radical (unpaired) electrons. The molecule has 0 heterocycles. The van der Waals surface area contributed by atoms with Gasteiger partial charge in [-0.1, -0.05) is 65.7 Å². The molecule has 0 saturated carbocycles. The molecule has 0 saturated heterocycles. The molecular formula is C27H28Cl2FN3O4S. The molecule has 7 nitrogen and oxygen atoms in total. The molecular weight excluding hydrogens is 552 g/mol. The fraction of sp³-hybridized carbons (Fsp3) is 0.259. The van der Waals surface area contributed by atoms with Crippen molar-refractivity contribution >= 4 is 50.7 Å². The molecule has 0 spiro atoms. The van der Waals surface area contributed by atoms with Crippen LogP contribution in [0.3, 0.4) is 0 Å². The molecule has 1 atom stereocenters. The van der Waals surface area contributed by atoms with Gasteiger partial charge in [0, 0.05) is 18.2 Å². The summed E-state index contributed by atoms with van der Waals surface area (Å²) in [5.74, 6) is -1.77. The number of benzene rings is 3. The number of sulfonamides is 1. The molecule has 0 aliphatic rings. The van der Waals surface area contributed by atoms with E-state index < -0.39 is 40.2 Å². The van der Waals surface area contributed by atoms with E-state index in [9.17, 15) is 22.4 Å². The molecule has 3 aromatic carbocycles. The smallest absolute Gasteiger partial charge is 0.264 e. The van der Waals surface area contributed by atoms with Gasteiger partial charge < -0.3 is 10.2 Å². The number of halogens is 3. The first-order valence-electron chi connectivity index (χ1n) is 11.8. The van der Waals surface area contributed by atoms with E-state index in [1.54, 1.807) is 38.1 Å². The number of nitrogens with one attached hydrogen (secondary N) is 1. The van der Waals surface area contributed by atoms with Crippen LogP contribution in [0.25, 0.3) is 0 Å². The molecule has 38 heavy (non-hydrogen) atoms. The van der Waals surface area contributed by atoms with Crippen molar-refractivity contribution in [2.45, 2.75) is 44.3 Å². The van der Waals surface area contributed by atoms with Crippen molar-refractivity contribution in [1.82, 2.24) is 10.2 Å². The van der Waals surface area contributed by atoms with Gasteiger partial charge in [0.2, 0.25) is 11.8 Å². The summed E-state index contributed by atoms with van der Waals surface area (Å²) in [6.07, 6.45) is 0. The first-order chi connectivity index (χ1) is 17.9. The van der Waals surface area contributed by atoms with E-state index in [1.807, 2.05) is 0 Å². The number of nitrogens with zero attached hydrogens (tertiary/aromatic N) is 2. The lowest BCUT2D eigenvalue weighted by Crippen LogP contribution is -2.52. The summed E-state index contributed by atoms with van der Waals surface area (Å²) in [6.45, 7) is 4.05. The number of hydrogen-bond acceptors (Lipinski definition) is 4. The molecule has 0 aliphatic heterocycles. The van der Waals surface area contributed by atoms with Crippen LogP contribution in [0.15, 0.2) is 77.7 Å². The summed E-state index contributed by atoms with van der Waals surface area (Å²) in [7, 11) is -4.30. The number of rotatable bonds is 10. The van der Waals surface area contributed by atoms with Gasteiger partial charge in [-0.05, 0) is 51.1 Å². The number of anilines is 1. The van der Waals surface area contributed by atoms with E-state index in [1.165, 1.54) is 55.5 Å². The SMILES string of the molecule is CC(C)NC(=O)C(C)N(Cc1ccccc1F)C(=O)CN(c1cccc(Cl)c1Cl)S(=O)(=O)c1ccccc1. The highest BCUT2D eigenvalue weighted by molar-refractivity contribution is 7.92. The Kier molecular flexibility index (Phi) is 9.76. The zero-order valence-electron chi connectivity index (χ0n) is 21.1. The van der Waals surface area contributed by atoms with Crippen LogP contribution in [0.5, 0.6) is 0 Å². The largest absolute Gasteiger partial charge is 0.352 e. The van der Waals surface area contributed by atoms with Crippen LogP contribution in [-0.4, -0.2) is 43.8 Å². The summed E-state index contributed by atoms with van der Waals surface area (Å²) >= 11 is 12.6. The molecule has 1 unspecified atom stereocenters. The van der Waals surface area contributed by atoms with Crippen LogP contribution in [0.1, 0.15) is 26.3 Å². The van der Waals surface area contributed by atoms with Gasteiger partial charge in [-0.15, -0.1) is 0 Å². The summed E-state index contributed by atoms with van der Waals surface area (Å²) in [5, 5.41) is 2.77.